The van der Waals surface area contributed by atoms with E-state index >= 15 is 0 Å². The molecule has 1 aromatic carbocycles. The third-order valence-electron chi connectivity index (χ3n) is 4.47. The first-order valence-electron chi connectivity index (χ1n) is 8.63. The van der Waals surface area contributed by atoms with Gasteiger partial charge in [-0.25, -0.2) is 4.79 Å². The molecule has 1 saturated heterocycles. The van der Waals surface area contributed by atoms with Gasteiger partial charge >= 0.3 is 17.8 Å². The maximum Gasteiger partial charge on any atom is 0.334 e. The minimum absolute atomic E-state index is 0.0813. The lowest BCUT2D eigenvalue weighted by Gasteiger charge is -2.21. The number of carbonyl (C=O) groups is 3. The van der Waals surface area contributed by atoms with Crippen LogP contribution in [0, 0.1) is 0 Å². The molecule has 1 saturated carbocycles. The number of carbonyl (C=O) groups excluding carboxylic acids is 3. The second-order valence-corrected chi connectivity index (χ2v) is 6.13. The highest BCUT2D eigenvalue weighted by Gasteiger charge is 2.47. The minimum Gasteiger partial charge on any atom is -0.491 e. The Kier molecular flexibility index (Phi) is 5.65. The highest BCUT2D eigenvalue weighted by molar-refractivity contribution is 6.44. The molecule has 2 aliphatic rings. The first kappa shape index (κ1) is 17.4. The summed E-state index contributed by atoms with van der Waals surface area (Å²) < 4.78 is 10.9. The van der Waals surface area contributed by atoms with Gasteiger partial charge in [-0.2, -0.15) is 0 Å². The van der Waals surface area contributed by atoms with Crippen molar-refractivity contribution in [2.45, 2.75) is 31.7 Å². The molecule has 2 fully saturated rings. The first-order valence-corrected chi connectivity index (χ1v) is 8.63. The van der Waals surface area contributed by atoms with E-state index in [9.17, 15) is 14.4 Å². The molecule has 1 aliphatic heterocycles. The topological polar surface area (TPSA) is 76.2 Å². The number of imide groups is 2. The number of nitrogens with zero attached hydrogens (tertiary/aromatic N) is 2. The number of hydrogen-bond acceptors (Lipinski definition) is 5. The maximum atomic E-state index is 12.3. The SMILES string of the molecule is O=C1C(=O)N(C2CCCC2)C(=O)N1CCOCCOc1ccccc1. The molecule has 0 N–H and O–H groups in total. The van der Waals surface area contributed by atoms with Crippen LogP contribution in [0.1, 0.15) is 25.7 Å². The molecule has 134 valence electrons. The highest BCUT2D eigenvalue weighted by Crippen LogP contribution is 2.27. The Balaban J connectivity index is 1.40. The van der Waals surface area contributed by atoms with Crippen molar-refractivity contribution in [3.63, 3.8) is 0 Å². The third-order valence-corrected chi connectivity index (χ3v) is 4.47. The summed E-state index contributed by atoms with van der Waals surface area (Å²) in [5, 5.41) is 0. The number of benzene rings is 1. The van der Waals surface area contributed by atoms with E-state index in [1.54, 1.807) is 0 Å². The number of ether oxygens (including phenoxy) is 2. The van der Waals surface area contributed by atoms with Crippen molar-refractivity contribution in [3.8, 4) is 5.75 Å². The molecule has 0 unspecified atom stereocenters. The fraction of sp³-hybridized carbons (Fsp3) is 0.500. The van der Waals surface area contributed by atoms with Crippen molar-refractivity contribution in [3.05, 3.63) is 30.3 Å². The molecule has 0 spiro atoms. The summed E-state index contributed by atoms with van der Waals surface area (Å²) >= 11 is 0. The Bertz CT molecular complexity index is 628. The zero-order valence-electron chi connectivity index (χ0n) is 14.1. The van der Waals surface area contributed by atoms with Crippen LogP contribution >= 0.6 is 0 Å². The van der Waals surface area contributed by atoms with Crippen LogP contribution in [-0.2, 0) is 14.3 Å². The Morgan fingerprint density at radius 2 is 1.64 bits per heavy atom. The number of urea groups is 1. The maximum absolute atomic E-state index is 12.3. The molecule has 7 nitrogen and oxygen atoms in total. The summed E-state index contributed by atoms with van der Waals surface area (Å²) in [6, 6.07) is 8.74. The molecule has 1 heterocycles. The summed E-state index contributed by atoms with van der Waals surface area (Å²) in [6.07, 6.45) is 3.54. The fourth-order valence-corrected chi connectivity index (χ4v) is 3.20. The van der Waals surface area contributed by atoms with Crippen molar-refractivity contribution in [2.24, 2.45) is 0 Å². The van der Waals surface area contributed by atoms with E-state index in [-0.39, 0.29) is 19.2 Å². The molecule has 1 aliphatic carbocycles. The normalized spacial score (nSPS) is 18.5. The van der Waals surface area contributed by atoms with E-state index in [1.807, 2.05) is 30.3 Å². The number of amides is 4. The molecular weight excluding hydrogens is 324 g/mol. The molecule has 1 aromatic rings. The molecule has 4 amide bonds. The van der Waals surface area contributed by atoms with Crippen LogP contribution < -0.4 is 4.74 Å². The lowest BCUT2D eigenvalue weighted by atomic mass is 10.2. The van der Waals surface area contributed by atoms with Crippen molar-refractivity contribution in [1.29, 1.82) is 0 Å². The molecule has 25 heavy (non-hydrogen) atoms. The molecule has 0 bridgehead atoms. The van der Waals surface area contributed by atoms with Crippen LogP contribution in [0.5, 0.6) is 5.75 Å². The summed E-state index contributed by atoms with van der Waals surface area (Å²) in [5.41, 5.74) is 0. The van der Waals surface area contributed by atoms with Crippen molar-refractivity contribution < 1.29 is 23.9 Å². The van der Waals surface area contributed by atoms with Gasteiger partial charge in [-0.1, -0.05) is 31.0 Å². The second-order valence-electron chi connectivity index (χ2n) is 6.13. The van der Waals surface area contributed by atoms with E-state index < -0.39 is 17.8 Å². The molecule has 0 aromatic heterocycles. The predicted octanol–water partition coefficient (Wildman–Crippen LogP) is 1.82. The molecule has 3 rings (SSSR count). The average Bonchev–Trinajstić information content (AvgIpc) is 3.21. The Morgan fingerprint density at radius 1 is 0.920 bits per heavy atom. The van der Waals surface area contributed by atoms with Gasteiger partial charge in [-0.15, -0.1) is 0 Å². The largest absolute Gasteiger partial charge is 0.491 e. The van der Waals surface area contributed by atoms with Crippen LogP contribution in [0.2, 0.25) is 0 Å². The molecular formula is C18H22N2O5. The smallest absolute Gasteiger partial charge is 0.334 e. The van der Waals surface area contributed by atoms with Gasteiger partial charge in [-0.05, 0) is 25.0 Å². The Hall–Kier alpha value is -2.41. The van der Waals surface area contributed by atoms with Crippen molar-refractivity contribution in [1.82, 2.24) is 9.80 Å². The quantitative estimate of drug-likeness (QED) is 0.408. The Labute approximate surface area is 146 Å². The molecule has 0 atom stereocenters. The van der Waals surface area contributed by atoms with E-state index in [0.29, 0.717) is 13.2 Å². The van der Waals surface area contributed by atoms with E-state index in [1.165, 1.54) is 0 Å². The van der Waals surface area contributed by atoms with E-state index in [4.69, 9.17) is 9.47 Å². The summed E-state index contributed by atoms with van der Waals surface area (Å²) in [5.74, 6) is -0.695. The average molecular weight is 346 g/mol. The van der Waals surface area contributed by atoms with E-state index in [2.05, 4.69) is 0 Å². The van der Waals surface area contributed by atoms with Crippen molar-refractivity contribution in [2.75, 3.05) is 26.4 Å². The van der Waals surface area contributed by atoms with Gasteiger partial charge in [0.15, 0.2) is 0 Å². The summed E-state index contributed by atoms with van der Waals surface area (Å²) in [7, 11) is 0. The van der Waals surface area contributed by atoms with Gasteiger partial charge in [0, 0.05) is 6.04 Å². The van der Waals surface area contributed by atoms with E-state index in [0.717, 1.165) is 41.2 Å². The third kappa shape index (κ3) is 3.99. The van der Waals surface area contributed by atoms with Gasteiger partial charge in [0.05, 0.1) is 19.8 Å². The van der Waals surface area contributed by atoms with Gasteiger partial charge in [0.2, 0.25) is 0 Å². The standard InChI is InChI=1S/C18H22N2O5/c21-16-17(22)20(14-6-4-5-7-14)18(23)19(16)10-11-24-12-13-25-15-8-2-1-3-9-15/h1-3,8-9,14H,4-7,10-13H2. The van der Waals surface area contributed by atoms with Crippen LogP contribution in [0.4, 0.5) is 4.79 Å². The Morgan fingerprint density at radius 3 is 2.36 bits per heavy atom. The van der Waals surface area contributed by atoms with Gasteiger partial charge < -0.3 is 9.47 Å². The van der Waals surface area contributed by atoms with Crippen LogP contribution in [0.3, 0.4) is 0 Å². The van der Waals surface area contributed by atoms with Crippen molar-refractivity contribution >= 4 is 17.8 Å². The monoisotopic (exact) mass is 346 g/mol. The van der Waals surface area contributed by atoms with Crippen LogP contribution in [0.15, 0.2) is 30.3 Å². The molecule has 0 radical (unpaired) electrons. The number of hydrogen-bond donors (Lipinski definition) is 0. The zero-order valence-corrected chi connectivity index (χ0v) is 14.1. The van der Waals surface area contributed by atoms with Gasteiger partial charge in [0.25, 0.3) is 0 Å². The lowest BCUT2D eigenvalue weighted by Crippen LogP contribution is -2.40. The highest BCUT2D eigenvalue weighted by atomic mass is 16.5. The number of rotatable bonds is 8. The first-order chi connectivity index (χ1) is 12.2. The second kappa shape index (κ2) is 8.11. The van der Waals surface area contributed by atoms with Crippen LogP contribution in [0.25, 0.3) is 0 Å². The number of para-hydroxylation sites is 1. The van der Waals surface area contributed by atoms with Crippen LogP contribution in [-0.4, -0.2) is 60.1 Å². The fourth-order valence-electron chi connectivity index (χ4n) is 3.20. The summed E-state index contributed by atoms with van der Waals surface area (Å²) in [6.45, 7) is 0.976. The van der Waals surface area contributed by atoms with Gasteiger partial charge in [0.1, 0.15) is 12.4 Å². The molecule has 7 heteroatoms. The zero-order chi connectivity index (χ0) is 17.6. The minimum atomic E-state index is -0.749. The lowest BCUT2D eigenvalue weighted by molar-refractivity contribution is -0.144. The van der Waals surface area contributed by atoms with Gasteiger partial charge in [-0.3, -0.25) is 19.4 Å². The summed E-state index contributed by atoms with van der Waals surface area (Å²) in [4.78, 5) is 38.5. The predicted molar refractivity (Wildman–Crippen MR) is 89.0 cm³/mol.